The van der Waals surface area contributed by atoms with Gasteiger partial charge in [-0.2, -0.15) is 0 Å². The van der Waals surface area contributed by atoms with E-state index in [2.05, 4.69) is 0 Å². The molecule has 2 aromatic rings. The number of ketones is 1. The number of hydrogen-bond donors (Lipinski definition) is 4. The average Bonchev–Trinajstić information content (AvgIpc) is 2.74. The molecule has 30 heavy (non-hydrogen) atoms. The maximum atomic E-state index is 11.7. The van der Waals surface area contributed by atoms with E-state index in [0.29, 0.717) is 11.3 Å². The summed E-state index contributed by atoms with van der Waals surface area (Å²) in [7, 11) is 1.45. The second-order valence-electron chi connectivity index (χ2n) is 7.47. The monoisotopic (exact) mass is 418 g/mol. The molecular weight excluding hydrogens is 392 g/mol. The Labute approximate surface area is 174 Å². The Morgan fingerprint density at radius 3 is 2.47 bits per heavy atom. The van der Waals surface area contributed by atoms with Crippen molar-refractivity contribution in [1.29, 1.82) is 0 Å². The van der Waals surface area contributed by atoms with E-state index in [4.69, 9.17) is 14.2 Å². The number of carbonyl (C=O) groups excluding carboxylic acids is 1. The minimum Gasteiger partial charge on any atom is -0.493 e. The molecule has 5 atom stereocenters. The van der Waals surface area contributed by atoms with Crippen LogP contribution < -0.4 is 9.47 Å². The molecule has 0 bridgehead atoms. The van der Waals surface area contributed by atoms with Crippen molar-refractivity contribution < 1.29 is 39.4 Å². The third-order valence-electron chi connectivity index (χ3n) is 5.26. The zero-order chi connectivity index (χ0) is 22.1. The Morgan fingerprint density at radius 2 is 1.83 bits per heavy atom. The van der Waals surface area contributed by atoms with Crippen molar-refractivity contribution in [2.75, 3.05) is 13.7 Å². The first-order valence-corrected chi connectivity index (χ1v) is 9.50. The minimum atomic E-state index is -1.94. The Balaban J connectivity index is 1.90. The van der Waals surface area contributed by atoms with Crippen molar-refractivity contribution in [1.82, 2.24) is 0 Å². The number of Topliss-reactive ketones (excluding diaryl/α,β-unsaturated/α-hetero) is 1. The second-order valence-corrected chi connectivity index (χ2v) is 7.47. The van der Waals surface area contributed by atoms with Gasteiger partial charge in [0.2, 0.25) is 6.29 Å². The van der Waals surface area contributed by atoms with Gasteiger partial charge in [0.15, 0.2) is 22.9 Å². The van der Waals surface area contributed by atoms with E-state index in [9.17, 15) is 25.2 Å². The maximum Gasteiger partial charge on any atom is 0.232 e. The summed E-state index contributed by atoms with van der Waals surface area (Å²) in [6, 6.07) is 12.2. The van der Waals surface area contributed by atoms with Crippen LogP contribution in [0.3, 0.4) is 0 Å². The number of methoxy groups -OCH3 is 1. The van der Waals surface area contributed by atoms with Crippen LogP contribution in [0.15, 0.2) is 42.5 Å². The van der Waals surface area contributed by atoms with Crippen LogP contribution in [0, 0.1) is 0 Å². The molecule has 8 heteroatoms. The smallest absolute Gasteiger partial charge is 0.232 e. The number of benzene rings is 2. The fourth-order valence-corrected chi connectivity index (χ4v) is 3.34. The van der Waals surface area contributed by atoms with E-state index in [-0.39, 0.29) is 11.5 Å². The van der Waals surface area contributed by atoms with Gasteiger partial charge in [-0.3, -0.25) is 4.79 Å². The minimum absolute atomic E-state index is 0.0420. The topological polar surface area (TPSA) is 126 Å². The number of ether oxygens (including phenoxy) is 3. The first-order chi connectivity index (χ1) is 14.2. The molecule has 4 N–H and O–H groups in total. The molecule has 0 saturated carbocycles. The SMILES string of the molecule is COc1cc(-c2cccc(C(C)=O)c2)ccc1O[C@H]1OC(CO)[C@@H](O)C(O)[C@]1(C)O. The van der Waals surface area contributed by atoms with Gasteiger partial charge in [0.1, 0.15) is 18.3 Å². The van der Waals surface area contributed by atoms with Gasteiger partial charge in [-0.15, -0.1) is 0 Å². The Morgan fingerprint density at radius 1 is 1.13 bits per heavy atom. The molecule has 0 amide bonds. The van der Waals surface area contributed by atoms with Gasteiger partial charge >= 0.3 is 0 Å². The number of aliphatic hydroxyl groups is 4. The molecule has 8 nitrogen and oxygen atoms in total. The molecule has 2 aromatic carbocycles. The Bertz CT molecular complexity index is 910. The maximum absolute atomic E-state index is 11.7. The van der Waals surface area contributed by atoms with Crippen LogP contribution in [0.4, 0.5) is 0 Å². The molecule has 1 saturated heterocycles. The lowest BCUT2D eigenvalue weighted by Crippen LogP contribution is -2.66. The van der Waals surface area contributed by atoms with Gasteiger partial charge in [-0.1, -0.05) is 24.3 Å². The second kappa shape index (κ2) is 8.71. The number of carbonyl (C=O) groups is 1. The summed E-state index contributed by atoms with van der Waals surface area (Å²) in [6.45, 7) is 2.21. The third-order valence-corrected chi connectivity index (χ3v) is 5.26. The van der Waals surface area contributed by atoms with Crippen molar-refractivity contribution in [3.8, 4) is 22.6 Å². The standard InChI is InChI=1S/C22H26O8/c1-12(24)13-5-4-6-14(9-13)15-7-8-16(17(10-15)28-3)29-21-22(2,27)20(26)19(25)18(11-23)30-21/h4-10,18-21,23,25-27H,11H2,1-3H3/t18?,19-,20?,21+,22+/m1/s1. The highest BCUT2D eigenvalue weighted by Gasteiger charge is 2.53. The van der Waals surface area contributed by atoms with Gasteiger partial charge in [-0.05, 0) is 43.2 Å². The average molecular weight is 418 g/mol. The Kier molecular flexibility index (Phi) is 6.44. The largest absolute Gasteiger partial charge is 0.493 e. The van der Waals surface area contributed by atoms with Crippen molar-refractivity contribution in [3.05, 3.63) is 48.0 Å². The molecule has 162 valence electrons. The van der Waals surface area contributed by atoms with E-state index >= 15 is 0 Å². The fraction of sp³-hybridized carbons (Fsp3) is 0.409. The van der Waals surface area contributed by atoms with Crippen molar-refractivity contribution in [3.63, 3.8) is 0 Å². The normalized spacial score (nSPS) is 28.8. The number of rotatable bonds is 6. The number of hydrogen-bond acceptors (Lipinski definition) is 8. The highest BCUT2D eigenvalue weighted by atomic mass is 16.7. The fourth-order valence-electron chi connectivity index (χ4n) is 3.34. The summed E-state index contributed by atoms with van der Waals surface area (Å²) >= 11 is 0. The lowest BCUT2D eigenvalue weighted by molar-refractivity contribution is -0.315. The molecule has 1 aliphatic heterocycles. The molecule has 0 radical (unpaired) electrons. The molecule has 1 fully saturated rings. The van der Waals surface area contributed by atoms with E-state index in [0.717, 1.165) is 11.1 Å². The van der Waals surface area contributed by atoms with Crippen LogP contribution in [0.2, 0.25) is 0 Å². The van der Waals surface area contributed by atoms with Crippen LogP contribution in [0.25, 0.3) is 11.1 Å². The third kappa shape index (κ3) is 4.19. The highest BCUT2D eigenvalue weighted by Crippen LogP contribution is 2.37. The molecule has 1 aliphatic rings. The quantitative estimate of drug-likeness (QED) is 0.515. The molecule has 1 heterocycles. The van der Waals surface area contributed by atoms with Crippen LogP contribution in [0.5, 0.6) is 11.5 Å². The summed E-state index contributed by atoms with van der Waals surface area (Å²) in [5.41, 5.74) is 0.237. The molecule has 0 aromatic heterocycles. The van der Waals surface area contributed by atoms with Gasteiger partial charge in [0.25, 0.3) is 0 Å². The molecule has 0 aliphatic carbocycles. The van der Waals surface area contributed by atoms with Gasteiger partial charge in [-0.25, -0.2) is 0 Å². The zero-order valence-electron chi connectivity index (χ0n) is 17.0. The predicted octanol–water partition coefficient (Wildman–Crippen LogP) is 1.13. The van der Waals surface area contributed by atoms with Crippen molar-refractivity contribution >= 4 is 5.78 Å². The van der Waals surface area contributed by atoms with E-state index in [1.54, 1.807) is 36.4 Å². The molecular formula is C22H26O8. The van der Waals surface area contributed by atoms with E-state index < -0.39 is 36.8 Å². The number of aliphatic hydroxyl groups excluding tert-OH is 3. The van der Waals surface area contributed by atoms with E-state index in [1.165, 1.54) is 21.0 Å². The predicted molar refractivity (Wildman–Crippen MR) is 107 cm³/mol. The summed E-state index contributed by atoms with van der Waals surface area (Å²) in [5.74, 6) is 0.524. The van der Waals surface area contributed by atoms with Crippen molar-refractivity contribution in [2.45, 2.75) is 44.1 Å². The highest BCUT2D eigenvalue weighted by molar-refractivity contribution is 5.95. The molecule has 3 rings (SSSR count). The summed E-state index contributed by atoms with van der Waals surface area (Å²) in [6.07, 6.45) is -5.55. The summed E-state index contributed by atoms with van der Waals surface area (Å²) < 4.78 is 16.6. The first kappa shape index (κ1) is 22.2. The van der Waals surface area contributed by atoms with Gasteiger partial charge in [0, 0.05) is 5.56 Å². The lowest BCUT2D eigenvalue weighted by atomic mass is 9.88. The Hall–Kier alpha value is -2.49. The summed E-state index contributed by atoms with van der Waals surface area (Å²) in [4.78, 5) is 11.7. The van der Waals surface area contributed by atoms with Crippen LogP contribution in [-0.4, -0.2) is 70.1 Å². The van der Waals surface area contributed by atoms with Crippen molar-refractivity contribution in [2.24, 2.45) is 0 Å². The first-order valence-electron chi connectivity index (χ1n) is 9.50. The van der Waals surface area contributed by atoms with Crippen LogP contribution in [0.1, 0.15) is 24.2 Å². The molecule has 2 unspecified atom stereocenters. The van der Waals surface area contributed by atoms with Gasteiger partial charge < -0.3 is 34.6 Å². The van der Waals surface area contributed by atoms with Crippen LogP contribution >= 0.6 is 0 Å². The lowest BCUT2D eigenvalue weighted by Gasteiger charge is -2.45. The molecule has 0 spiro atoms. The zero-order valence-corrected chi connectivity index (χ0v) is 17.0. The van der Waals surface area contributed by atoms with Crippen LogP contribution in [-0.2, 0) is 4.74 Å². The summed E-state index contributed by atoms with van der Waals surface area (Å²) in [5, 5.41) is 40.2. The van der Waals surface area contributed by atoms with Gasteiger partial charge in [0.05, 0.1) is 13.7 Å². The van der Waals surface area contributed by atoms with E-state index in [1.807, 2.05) is 6.07 Å².